The average Bonchev–Trinajstić information content (AvgIpc) is 3.63. The minimum Gasteiger partial charge on any atom is -0.476 e. The lowest BCUT2D eigenvalue weighted by Gasteiger charge is -2.23. The van der Waals surface area contributed by atoms with Crippen LogP contribution in [0.4, 0.5) is 16.3 Å². The minimum absolute atomic E-state index is 0.187. The van der Waals surface area contributed by atoms with Crippen LogP contribution in [0.25, 0.3) is 26.6 Å². The molecule has 0 radical (unpaired) electrons. The molecular weight excluding hydrogens is 514 g/mol. The highest BCUT2D eigenvalue weighted by Gasteiger charge is 2.20. The fourth-order valence-corrected chi connectivity index (χ4v) is 5.50. The highest BCUT2D eigenvalue weighted by molar-refractivity contribution is 7.23. The van der Waals surface area contributed by atoms with Gasteiger partial charge in [0.15, 0.2) is 10.8 Å². The maximum absolute atomic E-state index is 12.4. The number of amides is 2. The predicted octanol–water partition coefficient (Wildman–Crippen LogP) is 6.06. The number of carbonyl (C=O) groups excluding carboxylic acids is 1. The molecule has 0 aliphatic carbocycles. The number of nitrogens with one attached hydrogen (secondary N) is 3. The van der Waals surface area contributed by atoms with Gasteiger partial charge in [-0.3, -0.25) is 9.72 Å². The Morgan fingerprint density at radius 1 is 1.15 bits per heavy atom. The predicted molar refractivity (Wildman–Crippen MR) is 153 cm³/mol. The largest absolute Gasteiger partial charge is 0.476 e. The first-order valence-electron chi connectivity index (χ1n) is 13.1. The Morgan fingerprint density at radius 2 is 2.00 bits per heavy atom. The Morgan fingerprint density at radius 3 is 2.74 bits per heavy atom. The number of benzene rings is 1. The van der Waals surface area contributed by atoms with Gasteiger partial charge in [0, 0.05) is 41.0 Å². The lowest BCUT2D eigenvalue weighted by atomic mass is 9.93. The summed E-state index contributed by atoms with van der Waals surface area (Å²) in [7, 11) is 0. The molecule has 5 heterocycles. The third-order valence-electron chi connectivity index (χ3n) is 6.71. The second-order valence-electron chi connectivity index (χ2n) is 10.8. The molecule has 1 aliphatic heterocycles. The van der Waals surface area contributed by atoms with Crippen LogP contribution in [-0.2, 0) is 5.41 Å². The van der Waals surface area contributed by atoms with Gasteiger partial charge in [0.05, 0.1) is 11.2 Å². The summed E-state index contributed by atoms with van der Waals surface area (Å²) < 4.78 is 13.3. The highest BCUT2D eigenvalue weighted by Crippen LogP contribution is 2.30. The number of aromatic nitrogens is 4. The zero-order chi connectivity index (χ0) is 27.0. The van der Waals surface area contributed by atoms with Crippen molar-refractivity contribution in [1.82, 2.24) is 24.8 Å². The summed E-state index contributed by atoms with van der Waals surface area (Å²) in [6.07, 6.45) is 5.63. The lowest BCUT2D eigenvalue weighted by Crippen LogP contribution is -2.38. The van der Waals surface area contributed by atoms with E-state index < -0.39 is 6.03 Å². The zero-order valence-corrected chi connectivity index (χ0v) is 23.0. The summed E-state index contributed by atoms with van der Waals surface area (Å²) in [5.41, 5.74) is 3.26. The topological polar surface area (TPSA) is 119 Å². The molecule has 202 valence electrons. The summed E-state index contributed by atoms with van der Waals surface area (Å²) >= 11 is 1.53. The van der Waals surface area contributed by atoms with Crippen molar-refractivity contribution in [2.24, 2.45) is 0 Å². The van der Waals surface area contributed by atoms with Crippen LogP contribution in [0.3, 0.4) is 0 Å². The number of imidazole rings is 1. The van der Waals surface area contributed by atoms with Crippen LogP contribution in [0.15, 0.2) is 53.2 Å². The van der Waals surface area contributed by atoms with E-state index in [9.17, 15) is 4.79 Å². The van der Waals surface area contributed by atoms with E-state index >= 15 is 0 Å². The molecule has 1 fully saturated rings. The number of nitrogens with zero attached hydrogens (tertiary/aromatic N) is 4. The number of pyridine rings is 1. The molecule has 1 saturated heterocycles. The van der Waals surface area contributed by atoms with Crippen LogP contribution >= 0.6 is 11.3 Å². The van der Waals surface area contributed by atoms with Gasteiger partial charge in [-0.1, -0.05) is 55.8 Å². The highest BCUT2D eigenvalue weighted by atomic mass is 32.1. The minimum atomic E-state index is -0.392. The van der Waals surface area contributed by atoms with Gasteiger partial charge in [0.2, 0.25) is 5.88 Å². The summed E-state index contributed by atoms with van der Waals surface area (Å²) in [6, 6.07) is 13.2. The molecule has 1 unspecified atom stereocenters. The van der Waals surface area contributed by atoms with Crippen LogP contribution in [0.1, 0.15) is 45.8 Å². The van der Waals surface area contributed by atoms with Crippen molar-refractivity contribution in [1.29, 1.82) is 0 Å². The molecule has 0 bridgehead atoms. The molecule has 39 heavy (non-hydrogen) atoms. The first-order chi connectivity index (χ1) is 18.8. The van der Waals surface area contributed by atoms with Crippen molar-refractivity contribution >= 4 is 44.2 Å². The van der Waals surface area contributed by atoms with Crippen molar-refractivity contribution < 1.29 is 14.1 Å². The number of urea groups is 1. The summed E-state index contributed by atoms with van der Waals surface area (Å²) in [6.45, 7) is 7.75. The Hall–Kier alpha value is -3.96. The molecule has 4 aromatic heterocycles. The molecular formula is C28H31N7O3S. The summed E-state index contributed by atoms with van der Waals surface area (Å²) in [4.78, 5) is 23.7. The number of rotatable bonds is 6. The fourth-order valence-electron chi connectivity index (χ4n) is 4.53. The summed E-state index contributed by atoms with van der Waals surface area (Å²) in [5.74, 6) is 1.71. The molecule has 3 N–H and O–H groups in total. The second-order valence-corrected chi connectivity index (χ2v) is 11.8. The van der Waals surface area contributed by atoms with E-state index in [1.165, 1.54) is 24.2 Å². The molecule has 2 amide bonds. The van der Waals surface area contributed by atoms with Crippen molar-refractivity contribution in [3.8, 4) is 17.1 Å². The molecule has 11 heteroatoms. The molecule has 6 rings (SSSR count). The third-order valence-corrected chi connectivity index (χ3v) is 7.67. The number of hydrogen-bond donors (Lipinski definition) is 3. The number of hydrogen-bond acceptors (Lipinski definition) is 8. The smallest absolute Gasteiger partial charge is 0.324 e. The van der Waals surface area contributed by atoms with Crippen LogP contribution in [0, 0.1) is 0 Å². The van der Waals surface area contributed by atoms with Gasteiger partial charge in [-0.2, -0.15) is 0 Å². The molecule has 1 atom stereocenters. The molecule has 1 aliphatic rings. The van der Waals surface area contributed by atoms with Crippen molar-refractivity contribution in [2.45, 2.75) is 51.5 Å². The number of carbonyl (C=O) groups is 1. The van der Waals surface area contributed by atoms with E-state index in [-0.39, 0.29) is 5.41 Å². The molecule has 5 aromatic rings. The average molecular weight is 546 g/mol. The number of fused-ring (bicyclic) bond motifs is 3. The first kappa shape index (κ1) is 25.3. The van der Waals surface area contributed by atoms with Crippen LogP contribution in [0.2, 0.25) is 0 Å². The van der Waals surface area contributed by atoms with Gasteiger partial charge in [0.1, 0.15) is 17.2 Å². The van der Waals surface area contributed by atoms with Gasteiger partial charge >= 0.3 is 6.03 Å². The van der Waals surface area contributed by atoms with Gasteiger partial charge in [0.25, 0.3) is 0 Å². The quantitative estimate of drug-likeness (QED) is 0.237. The van der Waals surface area contributed by atoms with Gasteiger partial charge < -0.3 is 19.9 Å². The normalized spacial score (nSPS) is 16.0. The van der Waals surface area contributed by atoms with E-state index in [0.717, 1.165) is 39.5 Å². The van der Waals surface area contributed by atoms with Crippen LogP contribution < -0.4 is 20.7 Å². The van der Waals surface area contributed by atoms with Crippen molar-refractivity contribution in [2.75, 3.05) is 23.8 Å². The number of thiazole rings is 1. The van der Waals surface area contributed by atoms with Gasteiger partial charge in [-0.25, -0.2) is 14.8 Å². The maximum Gasteiger partial charge on any atom is 0.324 e. The van der Waals surface area contributed by atoms with Crippen LogP contribution in [-0.4, -0.2) is 44.7 Å². The standard InChI is InChI=1S/C28H31N7O3S/c1-28(2,3)22-14-23(34-38-22)32-26(36)30-18-9-7-17(8-10-18)20-15-35-21-11-12-24(33-25(21)39-27(35)31-20)37-16-19-6-4-5-13-29-19/h7-12,14-15,19,29H,4-6,13,16H2,1-3H3,(H2,30,32,34,36). The van der Waals surface area contributed by atoms with Crippen molar-refractivity contribution in [3.05, 3.63) is 54.4 Å². The molecule has 0 saturated carbocycles. The lowest BCUT2D eigenvalue weighted by molar-refractivity contribution is 0.233. The Bertz CT molecular complexity index is 1610. The first-order valence-corrected chi connectivity index (χ1v) is 13.9. The van der Waals surface area contributed by atoms with Gasteiger partial charge in [-0.15, -0.1) is 0 Å². The van der Waals surface area contributed by atoms with E-state index in [0.29, 0.717) is 35.8 Å². The van der Waals surface area contributed by atoms with E-state index in [2.05, 4.69) is 25.5 Å². The SMILES string of the molecule is CC(C)(C)c1cc(NC(=O)Nc2ccc(-c3cn4c(n3)sc3nc(OCC5CCCCN5)ccc34)cc2)no1. The molecule has 1 aromatic carbocycles. The number of anilines is 2. The van der Waals surface area contributed by atoms with Gasteiger partial charge in [-0.05, 0) is 37.6 Å². The third kappa shape index (κ3) is 5.59. The van der Waals surface area contributed by atoms with E-state index in [1.807, 2.05) is 63.4 Å². The van der Waals surface area contributed by atoms with Crippen molar-refractivity contribution in [3.63, 3.8) is 0 Å². The number of ether oxygens (including phenoxy) is 1. The van der Waals surface area contributed by atoms with E-state index in [1.54, 1.807) is 6.07 Å². The van der Waals surface area contributed by atoms with Crippen LogP contribution in [0.5, 0.6) is 5.88 Å². The Balaban J connectivity index is 1.10. The number of piperidine rings is 1. The Labute approximate surface area is 229 Å². The fraction of sp³-hybridized carbons (Fsp3) is 0.357. The Kier molecular flexibility index (Phi) is 6.69. The molecule has 0 spiro atoms. The summed E-state index contributed by atoms with van der Waals surface area (Å²) in [5, 5.41) is 12.9. The maximum atomic E-state index is 12.4. The monoisotopic (exact) mass is 545 g/mol. The zero-order valence-electron chi connectivity index (χ0n) is 22.2. The molecule has 10 nitrogen and oxygen atoms in total. The second kappa shape index (κ2) is 10.3. The van der Waals surface area contributed by atoms with E-state index in [4.69, 9.17) is 19.2 Å².